The first kappa shape index (κ1) is 17.3. The third-order valence-electron chi connectivity index (χ3n) is 2.28. The molecule has 0 saturated heterocycles. The average molecular weight is 266 g/mol. The molecule has 1 aromatic heterocycles. The van der Waals surface area contributed by atoms with Crippen molar-refractivity contribution in [2.75, 3.05) is 13.6 Å². The Morgan fingerprint density at radius 2 is 1.89 bits per heavy atom. The lowest BCUT2D eigenvalue weighted by Crippen LogP contribution is -2.18. The van der Waals surface area contributed by atoms with Crippen LogP contribution in [-0.4, -0.2) is 24.4 Å². The number of rotatable bonds is 3. The molecule has 0 aliphatic heterocycles. The first-order valence-electron chi connectivity index (χ1n) is 6.67. The molecule has 0 bridgehead atoms. The molecule has 1 aromatic carbocycles. The van der Waals surface area contributed by atoms with Crippen LogP contribution in [0.5, 0.6) is 0 Å². The topological polar surface area (TPSA) is 44.9 Å². The molecule has 3 nitrogen and oxygen atoms in total. The van der Waals surface area contributed by atoms with E-state index in [1.54, 1.807) is 19.3 Å². The monoisotopic (exact) mass is 266 g/mol. The molecule has 0 unspecified atom stereocenters. The highest BCUT2D eigenvalue weighted by Crippen LogP contribution is 2.19. The zero-order valence-electron chi connectivity index (χ0n) is 12.3. The van der Waals surface area contributed by atoms with Crippen molar-refractivity contribution >= 4 is 16.7 Å². The van der Waals surface area contributed by atoms with E-state index >= 15 is 0 Å². The van der Waals surface area contributed by atoms with E-state index < -0.39 is 0 Å². The van der Waals surface area contributed by atoms with Gasteiger partial charge in [0, 0.05) is 22.7 Å². The minimum Gasteiger partial charge on any atom is -0.360 e. The number of nitrogens with one attached hydrogen (secondary N) is 2. The van der Waals surface area contributed by atoms with Gasteiger partial charge < -0.3 is 10.3 Å². The Labute approximate surface area is 114 Å². The lowest BCUT2D eigenvalue weighted by Gasteiger charge is -1.97. The van der Waals surface area contributed by atoms with E-state index in [4.69, 9.17) is 0 Å². The zero-order valence-corrected chi connectivity index (χ0v) is 12.3. The van der Waals surface area contributed by atoms with E-state index in [1.807, 2.05) is 27.7 Å². The number of aromatic nitrogens is 1. The molecule has 19 heavy (non-hydrogen) atoms. The van der Waals surface area contributed by atoms with Crippen LogP contribution >= 0.6 is 0 Å². The first-order valence-corrected chi connectivity index (χ1v) is 6.67. The molecule has 106 valence electrons. The second kappa shape index (κ2) is 9.28. The van der Waals surface area contributed by atoms with Crippen LogP contribution in [0.2, 0.25) is 0 Å². The quantitative estimate of drug-likeness (QED) is 0.831. The number of H-pyrrole nitrogens is 1. The maximum Gasteiger partial charge on any atom is 0.178 e. The third kappa shape index (κ3) is 4.48. The number of hydrogen-bond acceptors (Lipinski definition) is 2. The molecule has 0 atom stereocenters. The molecule has 1 heterocycles. The van der Waals surface area contributed by atoms with Crippen molar-refractivity contribution in [3.63, 3.8) is 0 Å². The van der Waals surface area contributed by atoms with Crippen LogP contribution in [0, 0.1) is 5.82 Å². The van der Waals surface area contributed by atoms with Gasteiger partial charge in [0.05, 0.1) is 6.54 Å². The number of hydrogen-bond donors (Lipinski definition) is 2. The van der Waals surface area contributed by atoms with Gasteiger partial charge in [-0.25, -0.2) is 4.39 Å². The minimum atomic E-state index is -0.333. The van der Waals surface area contributed by atoms with Crippen LogP contribution in [0.3, 0.4) is 0 Å². The molecule has 0 aliphatic rings. The second-order valence-corrected chi connectivity index (χ2v) is 3.35. The number of aromatic amines is 1. The Bertz CT molecular complexity index is 506. The molecule has 0 saturated carbocycles. The van der Waals surface area contributed by atoms with Crippen LogP contribution < -0.4 is 5.32 Å². The van der Waals surface area contributed by atoms with Gasteiger partial charge >= 0.3 is 0 Å². The van der Waals surface area contributed by atoms with Crippen molar-refractivity contribution in [1.82, 2.24) is 10.3 Å². The van der Waals surface area contributed by atoms with Crippen LogP contribution in [-0.2, 0) is 0 Å². The summed E-state index contributed by atoms with van der Waals surface area (Å²) in [4.78, 5) is 14.6. The number of likely N-dealkylation sites (N-methyl/N-ethyl adjacent to an activating group) is 1. The number of ketones is 1. The van der Waals surface area contributed by atoms with E-state index in [9.17, 15) is 9.18 Å². The SMILES string of the molecule is CC.CC.CNCC(=O)c1c[nH]c2ccc(F)cc12. The average Bonchev–Trinajstić information content (AvgIpc) is 2.86. The van der Waals surface area contributed by atoms with Crippen LogP contribution in [0.25, 0.3) is 10.9 Å². The van der Waals surface area contributed by atoms with Crippen molar-refractivity contribution in [3.8, 4) is 0 Å². The van der Waals surface area contributed by atoms with E-state index in [0.29, 0.717) is 10.9 Å². The maximum absolute atomic E-state index is 13.0. The van der Waals surface area contributed by atoms with Gasteiger partial charge in [-0.2, -0.15) is 0 Å². The lowest BCUT2D eigenvalue weighted by atomic mass is 10.1. The van der Waals surface area contributed by atoms with Gasteiger partial charge in [-0.3, -0.25) is 4.79 Å². The summed E-state index contributed by atoms with van der Waals surface area (Å²) in [6.07, 6.45) is 1.61. The van der Waals surface area contributed by atoms with Gasteiger partial charge in [0.2, 0.25) is 0 Å². The highest BCUT2D eigenvalue weighted by atomic mass is 19.1. The van der Waals surface area contributed by atoms with E-state index in [1.165, 1.54) is 12.1 Å². The highest BCUT2D eigenvalue weighted by Gasteiger charge is 2.11. The molecule has 0 fully saturated rings. The molecule has 0 radical (unpaired) electrons. The van der Waals surface area contributed by atoms with Crippen molar-refractivity contribution in [3.05, 3.63) is 35.8 Å². The number of Topliss-reactive ketones (excluding diaryl/α,β-unsaturated/α-hetero) is 1. The molecule has 2 N–H and O–H groups in total. The molecular weight excluding hydrogens is 243 g/mol. The molecule has 2 rings (SSSR count). The first-order chi connectivity index (χ1) is 9.22. The summed E-state index contributed by atoms with van der Waals surface area (Å²) in [5.74, 6) is -0.380. The molecule has 0 aliphatic carbocycles. The Kier molecular flexibility index (Phi) is 8.46. The van der Waals surface area contributed by atoms with Crippen LogP contribution in [0.1, 0.15) is 38.1 Å². The van der Waals surface area contributed by atoms with E-state index in [2.05, 4.69) is 10.3 Å². The summed E-state index contributed by atoms with van der Waals surface area (Å²) in [6.45, 7) is 8.25. The molecule has 0 amide bonds. The van der Waals surface area contributed by atoms with Gasteiger partial charge in [0.25, 0.3) is 0 Å². The predicted molar refractivity (Wildman–Crippen MR) is 79.2 cm³/mol. The summed E-state index contributed by atoms with van der Waals surface area (Å²) in [7, 11) is 1.70. The fourth-order valence-corrected chi connectivity index (χ4v) is 1.58. The fraction of sp³-hybridized carbons (Fsp3) is 0.400. The fourth-order valence-electron chi connectivity index (χ4n) is 1.58. The largest absolute Gasteiger partial charge is 0.360 e. The summed E-state index contributed by atoms with van der Waals surface area (Å²) in [5.41, 5.74) is 1.30. The van der Waals surface area contributed by atoms with E-state index in [0.717, 1.165) is 5.52 Å². The van der Waals surface area contributed by atoms with Gasteiger partial charge in [-0.05, 0) is 25.2 Å². The molecule has 4 heteroatoms. The van der Waals surface area contributed by atoms with Crippen molar-refractivity contribution in [2.45, 2.75) is 27.7 Å². The maximum atomic E-state index is 13.0. The number of fused-ring (bicyclic) bond motifs is 1. The Morgan fingerprint density at radius 1 is 1.26 bits per heavy atom. The van der Waals surface area contributed by atoms with Gasteiger partial charge in [0.1, 0.15) is 5.82 Å². The number of benzene rings is 1. The van der Waals surface area contributed by atoms with Gasteiger partial charge in [-0.1, -0.05) is 27.7 Å². The molecule has 0 spiro atoms. The summed E-state index contributed by atoms with van der Waals surface area (Å²) in [5, 5.41) is 3.41. The van der Waals surface area contributed by atoms with Crippen molar-refractivity contribution in [1.29, 1.82) is 0 Å². The van der Waals surface area contributed by atoms with Gasteiger partial charge in [-0.15, -0.1) is 0 Å². The number of carbonyl (C=O) groups is 1. The predicted octanol–water partition coefficient (Wildman–Crippen LogP) is 3.76. The number of carbonyl (C=O) groups excluding carboxylic acids is 1. The standard InChI is InChI=1S/C11H11FN2O.2C2H6/c1-13-6-11(15)9-5-14-10-3-2-7(12)4-8(9)10;2*1-2/h2-5,13-14H,6H2,1H3;2*1-2H3. The highest BCUT2D eigenvalue weighted by molar-refractivity contribution is 6.08. The van der Waals surface area contributed by atoms with Gasteiger partial charge in [0.15, 0.2) is 5.78 Å². The smallest absolute Gasteiger partial charge is 0.178 e. The Balaban J connectivity index is 0.000000741. The summed E-state index contributed by atoms with van der Waals surface area (Å²) in [6, 6.07) is 4.36. The third-order valence-corrected chi connectivity index (χ3v) is 2.28. The van der Waals surface area contributed by atoms with Crippen molar-refractivity contribution in [2.24, 2.45) is 0 Å². The van der Waals surface area contributed by atoms with Crippen LogP contribution in [0.4, 0.5) is 4.39 Å². The Morgan fingerprint density at radius 3 is 2.47 bits per heavy atom. The lowest BCUT2D eigenvalue weighted by molar-refractivity contribution is 0.0995. The second-order valence-electron chi connectivity index (χ2n) is 3.35. The normalized spacial score (nSPS) is 9.16. The molecular formula is C15H23FN2O. The minimum absolute atomic E-state index is 0.0469. The zero-order chi connectivity index (χ0) is 14.8. The van der Waals surface area contributed by atoms with Crippen molar-refractivity contribution < 1.29 is 9.18 Å². The van der Waals surface area contributed by atoms with Crippen LogP contribution in [0.15, 0.2) is 24.4 Å². The summed E-state index contributed by atoms with van der Waals surface area (Å²) >= 11 is 0. The van der Waals surface area contributed by atoms with E-state index in [-0.39, 0.29) is 18.1 Å². The Hall–Kier alpha value is -1.68. The summed E-state index contributed by atoms with van der Waals surface area (Å²) < 4.78 is 13.0. The molecule has 2 aromatic rings. The number of halogens is 1.